The average Bonchev–Trinajstić information content (AvgIpc) is 3.01. The van der Waals surface area contributed by atoms with Gasteiger partial charge >= 0.3 is 5.76 Å². The molecular weight excluding hydrogens is 296 g/mol. The molecule has 0 spiro atoms. The predicted molar refractivity (Wildman–Crippen MR) is 76.0 cm³/mol. The van der Waals surface area contributed by atoms with Crippen LogP contribution in [0.25, 0.3) is 11.6 Å². The Kier molecular flexibility index (Phi) is 3.26. The first-order valence-corrected chi connectivity index (χ1v) is 6.46. The molecule has 3 aromatic rings. The number of nitrogen functional groups attached to an aromatic ring is 1. The molecule has 0 aliphatic rings. The van der Waals surface area contributed by atoms with Crippen LogP contribution in [-0.2, 0) is 6.54 Å². The van der Waals surface area contributed by atoms with Crippen LogP contribution in [0.3, 0.4) is 0 Å². The van der Waals surface area contributed by atoms with Crippen molar-refractivity contribution in [2.75, 3.05) is 5.73 Å². The fraction of sp³-hybridized carbons (Fsp3) is 0.154. The Labute approximate surface area is 123 Å². The first-order chi connectivity index (χ1) is 10.0. The molecule has 108 valence electrons. The minimum absolute atomic E-state index is 0.200. The lowest BCUT2D eigenvalue weighted by atomic mass is 10.1. The number of rotatable bonds is 3. The molecule has 0 amide bonds. The second-order valence-corrected chi connectivity index (χ2v) is 4.98. The number of nitrogens with zero attached hydrogens (tertiary/aromatic N) is 3. The van der Waals surface area contributed by atoms with Gasteiger partial charge in [0, 0.05) is 11.1 Å². The molecule has 2 aromatic heterocycles. The van der Waals surface area contributed by atoms with E-state index in [1.54, 1.807) is 12.1 Å². The van der Waals surface area contributed by atoms with E-state index >= 15 is 0 Å². The highest BCUT2D eigenvalue weighted by atomic mass is 35.5. The normalized spacial score (nSPS) is 11.0. The van der Waals surface area contributed by atoms with Gasteiger partial charge in [-0.2, -0.15) is 0 Å². The van der Waals surface area contributed by atoms with Crippen molar-refractivity contribution in [3.8, 4) is 11.6 Å². The summed E-state index contributed by atoms with van der Waals surface area (Å²) in [4.78, 5) is 11.8. The van der Waals surface area contributed by atoms with Gasteiger partial charge in [-0.25, -0.2) is 9.36 Å². The van der Waals surface area contributed by atoms with Crippen molar-refractivity contribution in [1.82, 2.24) is 14.9 Å². The monoisotopic (exact) mass is 306 g/mol. The van der Waals surface area contributed by atoms with Crippen molar-refractivity contribution in [3.63, 3.8) is 0 Å². The molecule has 0 atom stereocenters. The maximum Gasteiger partial charge on any atom is 0.442 e. The van der Waals surface area contributed by atoms with Crippen LogP contribution in [-0.4, -0.2) is 14.9 Å². The highest BCUT2D eigenvalue weighted by Crippen LogP contribution is 2.21. The molecule has 3 rings (SSSR count). The van der Waals surface area contributed by atoms with Crippen LogP contribution in [0.4, 0.5) is 5.82 Å². The smallest absolute Gasteiger partial charge is 0.381 e. The maximum atomic E-state index is 11.8. The molecule has 21 heavy (non-hydrogen) atoms. The molecular formula is C13H11ClN4O3. The van der Waals surface area contributed by atoms with Gasteiger partial charge in [-0.05, 0) is 30.2 Å². The third-order valence-electron chi connectivity index (χ3n) is 3.07. The first-order valence-electron chi connectivity index (χ1n) is 6.08. The van der Waals surface area contributed by atoms with Gasteiger partial charge < -0.3 is 10.3 Å². The molecule has 2 heterocycles. The molecule has 0 unspecified atom stereocenters. The lowest BCUT2D eigenvalue weighted by Gasteiger charge is -2.07. The van der Waals surface area contributed by atoms with Crippen molar-refractivity contribution in [2.45, 2.75) is 13.5 Å². The van der Waals surface area contributed by atoms with E-state index < -0.39 is 5.76 Å². The third-order valence-corrected chi connectivity index (χ3v) is 3.31. The van der Waals surface area contributed by atoms with Crippen LogP contribution in [0.15, 0.2) is 38.1 Å². The second-order valence-electron chi connectivity index (χ2n) is 4.55. The largest absolute Gasteiger partial charge is 0.442 e. The van der Waals surface area contributed by atoms with Gasteiger partial charge in [0.2, 0.25) is 11.6 Å². The molecule has 0 aliphatic carbocycles. The summed E-state index contributed by atoms with van der Waals surface area (Å²) in [5, 5.41) is 7.86. The van der Waals surface area contributed by atoms with E-state index in [0.717, 1.165) is 11.1 Å². The Hall–Kier alpha value is -2.54. The minimum Gasteiger partial charge on any atom is -0.381 e. The van der Waals surface area contributed by atoms with Crippen LogP contribution in [0.2, 0.25) is 5.02 Å². The number of hydrogen-bond acceptors (Lipinski definition) is 6. The van der Waals surface area contributed by atoms with Crippen molar-refractivity contribution in [3.05, 3.63) is 51.0 Å². The van der Waals surface area contributed by atoms with Gasteiger partial charge in [-0.3, -0.25) is 4.52 Å². The standard InChI is InChI=1S/C13H11ClN4O3/c1-7-2-3-9(14)4-8(7)6-18-12(17-21-13(18)19)10-5-11(15)16-20-10/h2-5H,6H2,1H3,(H2,15,16). The first kappa shape index (κ1) is 13.4. The van der Waals surface area contributed by atoms with Gasteiger partial charge in [-0.1, -0.05) is 28.0 Å². The number of anilines is 1. The molecule has 7 nitrogen and oxygen atoms in total. The van der Waals surface area contributed by atoms with E-state index in [-0.39, 0.29) is 23.9 Å². The zero-order valence-corrected chi connectivity index (χ0v) is 11.8. The highest BCUT2D eigenvalue weighted by molar-refractivity contribution is 6.30. The Balaban J connectivity index is 2.05. The summed E-state index contributed by atoms with van der Waals surface area (Å²) < 4.78 is 11.0. The van der Waals surface area contributed by atoms with Crippen molar-refractivity contribution in [1.29, 1.82) is 0 Å². The maximum absolute atomic E-state index is 11.8. The second kappa shape index (κ2) is 5.10. The number of aromatic nitrogens is 3. The van der Waals surface area contributed by atoms with E-state index in [4.69, 9.17) is 26.4 Å². The zero-order chi connectivity index (χ0) is 15.0. The minimum atomic E-state index is -0.598. The Morgan fingerprint density at radius 3 is 2.81 bits per heavy atom. The Morgan fingerprint density at radius 1 is 1.29 bits per heavy atom. The predicted octanol–water partition coefficient (Wildman–Crippen LogP) is 2.08. The van der Waals surface area contributed by atoms with Crippen LogP contribution in [0.5, 0.6) is 0 Å². The SMILES string of the molecule is Cc1ccc(Cl)cc1Cn1c(-c2cc(N)no2)noc1=O. The summed E-state index contributed by atoms with van der Waals surface area (Å²) in [6.45, 7) is 2.18. The Morgan fingerprint density at radius 2 is 2.10 bits per heavy atom. The number of halogens is 1. The summed E-state index contributed by atoms with van der Waals surface area (Å²) in [5.41, 5.74) is 7.37. The third kappa shape index (κ3) is 2.55. The fourth-order valence-electron chi connectivity index (χ4n) is 1.96. The molecule has 0 saturated heterocycles. The quantitative estimate of drug-likeness (QED) is 0.795. The van der Waals surface area contributed by atoms with Gasteiger partial charge in [0.25, 0.3) is 0 Å². The molecule has 2 N–H and O–H groups in total. The molecule has 0 saturated carbocycles. The van der Waals surface area contributed by atoms with Gasteiger partial charge in [0.1, 0.15) is 0 Å². The van der Waals surface area contributed by atoms with Crippen molar-refractivity contribution >= 4 is 17.4 Å². The summed E-state index contributed by atoms with van der Waals surface area (Å²) in [6.07, 6.45) is 0. The number of aryl methyl sites for hydroxylation is 1. The van der Waals surface area contributed by atoms with Gasteiger partial charge in [-0.15, -0.1) is 0 Å². The summed E-state index contributed by atoms with van der Waals surface area (Å²) in [6, 6.07) is 6.92. The van der Waals surface area contributed by atoms with Gasteiger partial charge in [0.05, 0.1) is 6.54 Å². The van der Waals surface area contributed by atoms with Crippen LogP contribution in [0.1, 0.15) is 11.1 Å². The molecule has 0 fully saturated rings. The topological polar surface area (TPSA) is 100 Å². The Bertz CT molecular complexity index is 849. The molecule has 0 radical (unpaired) electrons. The van der Waals surface area contributed by atoms with Crippen molar-refractivity contribution < 1.29 is 9.05 Å². The van der Waals surface area contributed by atoms with E-state index in [1.807, 2.05) is 13.0 Å². The van der Waals surface area contributed by atoms with Crippen LogP contribution < -0.4 is 11.5 Å². The average molecular weight is 307 g/mol. The van der Waals surface area contributed by atoms with E-state index in [9.17, 15) is 4.79 Å². The van der Waals surface area contributed by atoms with Crippen molar-refractivity contribution in [2.24, 2.45) is 0 Å². The molecule has 1 aromatic carbocycles. The molecule has 0 aliphatic heterocycles. The summed E-state index contributed by atoms with van der Waals surface area (Å²) >= 11 is 5.99. The number of nitrogens with two attached hydrogens (primary N) is 1. The zero-order valence-electron chi connectivity index (χ0n) is 11.0. The van der Waals surface area contributed by atoms with Crippen LogP contribution in [0, 0.1) is 6.92 Å². The lowest BCUT2D eigenvalue weighted by Crippen LogP contribution is -2.16. The van der Waals surface area contributed by atoms with E-state index in [0.29, 0.717) is 5.02 Å². The highest BCUT2D eigenvalue weighted by Gasteiger charge is 2.18. The van der Waals surface area contributed by atoms with E-state index in [2.05, 4.69) is 10.3 Å². The summed E-state index contributed by atoms with van der Waals surface area (Å²) in [7, 11) is 0. The van der Waals surface area contributed by atoms with E-state index in [1.165, 1.54) is 10.6 Å². The van der Waals surface area contributed by atoms with Crippen LogP contribution >= 0.6 is 11.6 Å². The molecule has 8 heteroatoms. The lowest BCUT2D eigenvalue weighted by molar-refractivity contribution is 0.376. The summed E-state index contributed by atoms with van der Waals surface area (Å²) in [5.74, 6) is 0.0897. The van der Waals surface area contributed by atoms with Gasteiger partial charge in [0.15, 0.2) is 5.82 Å². The molecule has 0 bridgehead atoms. The number of benzene rings is 1. The fourth-order valence-corrected chi connectivity index (χ4v) is 2.15. The number of hydrogen-bond donors (Lipinski definition) is 1.